The van der Waals surface area contributed by atoms with Crippen LogP contribution in [0.4, 0.5) is 0 Å². The highest BCUT2D eigenvalue weighted by molar-refractivity contribution is 9.10. The molecule has 0 atom stereocenters. The Morgan fingerprint density at radius 2 is 2.24 bits per heavy atom. The van der Waals surface area contributed by atoms with Crippen LogP contribution in [-0.2, 0) is 16.6 Å². The third-order valence-electron chi connectivity index (χ3n) is 3.21. The van der Waals surface area contributed by atoms with Gasteiger partial charge in [0.05, 0.1) is 12.8 Å². The molecule has 21 heavy (non-hydrogen) atoms. The minimum Gasteiger partial charge on any atom is -0.468 e. The lowest BCUT2D eigenvalue weighted by molar-refractivity contribution is 0.356. The lowest BCUT2D eigenvalue weighted by Gasteiger charge is -2.21. The maximum absolute atomic E-state index is 12.9. The number of pyridine rings is 1. The molecule has 2 aromatic rings. The van der Waals surface area contributed by atoms with Gasteiger partial charge in [0.1, 0.15) is 15.8 Å². The summed E-state index contributed by atoms with van der Waals surface area (Å²) in [6, 6.07) is 4.96. The first-order chi connectivity index (χ1) is 9.98. The first kappa shape index (κ1) is 15.0. The number of sulfonamides is 1. The summed E-state index contributed by atoms with van der Waals surface area (Å²) in [4.78, 5) is 3.90. The van der Waals surface area contributed by atoms with E-state index in [-0.39, 0.29) is 22.6 Å². The van der Waals surface area contributed by atoms with E-state index in [9.17, 15) is 8.42 Å². The second kappa shape index (κ2) is 5.72. The number of hydrogen-bond donors (Lipinski definition) is 0. The molecule has 0 aromatic carbocycles. The number of hydrogen-bond acceptors (Lipinski definition) is 4. The van der Waals surface area contributed by atoms with Crippen LogP contribution in [0.25, 0.3) is 0 Å². The normalized spacial score (nSPS) is 15.6. The van der Waals surface area contributed by atoms with Crippen molar-refractivity contribution in [1.82, 2.24) is 9.29 Å². The summed E-state index contributed by atoms with van der Waals surface area (Å²) in [6.45, 7) is 0.197. The molecule has 0 aliphatic heterocycles. The van der Waals surface area contributed by atoms with Crippen molar-refractivity contribution >= 4 is 37.6 Å². The number of nitrogens with zero attached hydrogens (tertiary/aromatic N) is 2. The average molecular weight is 392 g/mol. The number of halogens is 2. The van der Waals surface area contributed by atoms with Crippen LogP contribution >= 0.6 is 27.5 Å². The SMILES string of the molecule is O=S(=O)(c1cc(Br)cnc1Cl)N(Cc1ccco1)C1CC1. The smallest absolute Gasteiger partial charge is 0.246 e. The molecule has 0 spiro atoms. The Balaban J connectivity index is 1.99. The van der Waals surface area contributed by atoms with E-state index < -0.39 is 10.0 Å². The molecule has 1 saturated carbocycles. The van der Waals surface area contributed by atoms with Crippen molar-refractivity contribution in [2.75, 3.05) is 0 Å². The summed E-state index contributed by atoms with van der Waals surface area (Å²) >= 11 is 9.20. The highest BCUT2D eigenvalue weighted by Gasteiger charge is 2.39. The van der Waals surface area contributed by atoms with Gasteiger partial charge in [-0.25, -0.2) is 13.4 Å². The van der Waals surface area contributed by atoms with Gasteiger partial charge in [-0.2, -0.15) is 4.31 Å². The number of aromatic nitrogens is 1. The van der Waals surface area contributed by atoms with Gasteiger partial charge in [0.15, 0.2) is 0 Å². The van der Waals surface area contributed by atoms with Gasteiger partial charge in [-0.3, -0.25) is 0 Å². The van der Waals surface area contributed by atoms with Gasteiger partial charge in [-0.15, -0.1) is 0 Å². The molecule has 0 unspecified atom stereocenters. The van der Waals surface area contributed by atoms with Crippen LogP contribution in [0.5, 0.6) is 0 Å². The molecule has 1 aliphatic rings. The highest BCUT2D eigenvalue weighted by atomic mass is 79.9. The number of furan rings is 1. The molecular formula is C13H12BrClN2O3S. The van der Waals surface area contributed by atoms with E-state index in [2.05, 4.69) is 20.9 Å². The first-order valence-corrected chi connectivity index (χ1v) is 8.95. The largest absolute Gasteiger partial charge is 0.468 e. The van der Waals surface area contributed by atoms with Gasteiger partial charge < -0.3 is 4.42 Å². The Kier molecular flexibility index (Phi) is 4.09. The molecule has 3 rings (SSSR count). The lowest BCUT2D eigenvalue weighted by Crippen LogP contribution is -2.32. The minimum absolute atomic E-state index is 0.00449. The Hall–Kier alpha value is -0.890. The van der Waals surface area contributed by atoms with Crippen molar-refractivity contribution in [2.24, 2.45) is 0 Å². The minimum atomic E-state index is -3.72. The van der Waals surface area contributed by atoms with Crippen molar-refractivity contribution in [1.29, 1.82) is 0 Å². The second-order valence-electron chi connectivity index (χ2n) is 4.80. The van der Waals surface area contributed by atoms with Crippen molar-refractivity contribution in [3.8, 4) is 0 Å². The third kappa shape index (κ3) is 3.15. The van der Waals surface area contributed by atoms with E-state index >= 15 is 0 Å². The Morgan fingerprint density at radius 1 is 1.48 bits per heavy atom. The molecule has 5 nitrogen and oxygen atoms in total. The van der Waals surface area contributed by atoms with E-state index in [4.69, 9.17) is 16.0 Å². The highest BCUT2D eigenvalue weighted by Crippen LogP contribution is 2.35. The Labute approximate surface area is 136 Å². The summed E-state index contributed by atoms with van der Waals surface area (Å²) < 4.78 is 33.0. The molecular weight excluding hydrogens is 380 g/mol. The van der Waals surface area contributed by atoms with Crippen molar-refractivity contribution in [2.45, 2.75) is 30.3 Å². The van der Waals surface area contributed by atoms with Gasteiger partial charge >= 0.3 is 0 Å². The van der Waals surface area contributed by atoms with Crippen molar-refractivity contribution < 1.29 is 12.8 Å². The van der Waals surface area contributed by atoms with Crippen LogP contribution in [0.3, 0.4) is 0 Å². The topological polar surface area (TPSA) is 63.4 Å². The predicted octanol–water partition coefficient (Wildman–Crippen LogP) is 3.44. The Bertz CT molecular complexity index is 745. The van der Waals surface area contributed by atoms with Crippen LogP contribution in [0, 0.1) is 0 Å². The monoisotopic (exact) mass is 390 g/mol. The summed E-state index contributed by atoms with van der Waals surface area (Å²) in [6.07, 6.45) is 4.69. The van der Waals surface area contributed by atoms with Crippen LogP contribution in [0.2, 0.25) is 5.15 Å². The van der Waals surface area contributed by atoms with Crippen LogP contribution in [-0.4, -0.2) is 23.7 Å². The van der Waals surface area contributed by atoms with Crippen LogP contribution in [0.1, 0.15) is 18.6 Å². The molecule has 1 fully saturated rings. The number of rotatable bonds is 5. The van der Waals surface area contributed by atoms with E-state index in [0.717, 1.165) is 12.8 Å². The van der Waals surface area contributed by atoms with Gasteiger partial charge in [0, 0.05) is 16.7 Å². The van der Waals surface area contributed by atoms with Crippen LogP contribution < -0.4 is 0 Å². The van der Waals surface area contributed by atoms with Crippen LogP contribution in [0.15, 0.2) is 44.4 Å². The zero-order chi connectivity index (χ0) is 15.0. The van der Waals surface area contributed by atoms with Crippen molar-refractivity contribution in [3.05, 3.63) is 46.0 Å². The molecule has 0 amide bonds. The van der Waals surface area contributed by atoms with Crippen molar-refractivity contribution in [3.63, 3.8) is 0 Å². The van der Waals surface area contributed by atoms with E-state index in [1.165, 1.54) is 22.8 Å². The third-order valence-corrected chi connectivity index (χ3v) is 5.96. The zero-order valence-corrected chi connectivity index (χ0v) is 14.0. The second-order valence-corrected chi connectivity index (χ2v) is 7.94. The zero-order valence-electron chi connectivity index (χ0n) is 10.9. The summed E-state index contributed by atoms with van der Waals surface area (Å²) in [5.41, 5.74) is 0. The Morgan fingerprint density at radius 3 is 2.86 bits per heavy atom. The molecule has 2 heterocycles. The summed E-state index contributed by atoms with van der Waals surface area (Å²) in [7, 11) is -3.72. The average Bonchev–Trinajstić information content (AvgIpc) is 3.14. The lowest BCUT2D eigenvalue weighted by atomic mass is 10.4. The molecule has 1 aliphatic carbocycles. The van der Waals surface area contributed by atoms with E-state index in [1.807, 2.05) is 0 Å². The summed E-state index contributed by atoms with van der Waals surface area (Å²) in [5, 5.41) is -0.0247. The van der Waals surface area contributed by atoms with Gasteiger partial charge in [0.25, 0.3) is 0 Å². The predicted molar refractivity (Wildman–Crippen MR) is 81.4 cm³/mol. The molecule has 2 aromatic heterocycles. The fourth-order valence-electron chi connectivity index (χ4n) is 2.04. The van der Waals surface area contributed by atoms with E-state index in [1.54, 1.807) is 12.1 Å². The molecule has 0 saturated heterocycles. The molecule has 8 heteroatoms. The molecule has 0 N–H and O–H groups in total. The fourth-order valence-corrected chi connectivity index (χ4v) is 4.61. The molecule has 112 valence electrons. The van der Waals surface area contributed by atoms with Gasteiger partial charge in [-0.05, 0) is 47.0 Å². The standard InChI is InChI=1S/C13H12BrClN2O3S/c14-9-6-12(13(15)16-7-9)21(18,19)17(10-3-4-10)8-11-2-1-5-20-11/h1-2,5-7,10H,3-4,8H2. The maximum Gasteiger partial charge on any atom is 0.246 e. The fraction of sp³-hybridized carbons (Fsp3) is 0.308. The first-order valence-electron chi connectivity index (χ1n) is 6.34. The van der Waals surface area contributed by atoms with E-state index in [0.29, 0.717) is 10.2 Å². The molecule has 0 radical (unpaired) electrons. The maximum atomic E-state index is 12.9. The van der Waals surface area contributed by atoms with Gasteiger partial charge in [-0.1, -0.05) is 11.6 Å². The summed E-state index contributed by atoms with van der Waals surface area (Å²) in [5.74, 6) is 0.601. The molecule has 0 bridgehead atoms. The van der Waals surface area contributed by atoms with Gasteiger partial charge in [0.2, 0.25) is 10.0 Å². The quantitative estimate of drug-likeness (QED) is 0.732.